The zero-order valence-corrected chi connectivity index (χ0v) is 13.3. The first-order valence-electron chi connectivity index (χ1n) is 7.72. The van der Waals surface area contributed by atoms with Crippen LogP contribution < -0.4 is 10.2 Å². The molecule has 0 bridgehead atoms. The van der Waals surface area contributed by atoms with Gasteiger partial charge in [0.15, 0.2) is 0 Å². The number of hydrogen-bond donors (Lipinski definition) is 1. The van der Waals surface area contributed by atoms with Gasteiger partial charge in [0.2, 0.25) is 5.91 Å². The fourth-order valence-corrected chi connectivity index (χ4v) is 2.67. The molecule has 118 valence electrons. The van der Waals surface area contributed by atoms with E-state index in [2.05, 4.69) is 22.7 Å². The minimum absolute atomic E-state index is 0.00767. The lowest BCUT2D eigenvalue weighted by Gasteiger charge is -2.04. The number of hydrogen-bond acceptors (Lipinski definition) is 3. The lowest BCUT2D eigenvalue weighted by Crippen LogP contribution is -2.21. The van der Waals surface area contributed by atoms with Crippen LogP contribution in [0.2, 0.25) is 0 Å². The second kappa shape index (κ2) is 6.65. The van der Waals surface area contributed by atoms with Gasteiger partial charge in [0, 0.05) is 5.92 Å². The van der Waals surface area contributed by atoms with Crippen molar-refractivity contribution in [3.05, 3.63) is 65.7 Å². The molecule has 23 heavy (non-hydrogen) atoms. The maximum atomic E-state index is 12.2. The first kappa shape index (κ1) is 15.3. The Morgan fingerprint density at radius 1 is 1.13 bits per heavy atom. The smallest absolute Gasteiger partial charge is 0.243 e. The summed E-state index contributed by atoms with van der Waals surface area (Å²) in [5.74, 6) is 1.15. The van der Waals surface area contributed by atoms with Crippen molar-refractivity contribution in [2.75, 3.05) is 7.11 Å². The summed E-state index contributed by atoms with van der Waals surface area (Å²) in [6.07, 6.45) is 0.896. The molecule has 1 fully saturated rings. The SMILES string of the molecule is COc1ccc(/C(C)=N\NC(=O)C2CC2c2ccccc2)cc1. The Bertz CT molecular complexity index is 708. The summed E-state index contributed by atoms with van der Waals surface area (Å²) in [5.41, 5.74) is 5.65. The number of nitrogens with zero attached hydrogens (tertiary/aromatic N) is 1. The number of hydrazone groups is 1. The quantitative estimate of drug-likeness (QED) is 0.680. The van der Waals surface area contributed by atoms with Crippen molar-refractivity contribution in [3.63, 3.8) is 0 Å². The molecule has 1 amide bonds. The first-order valence-corrected chi connectivity index (χ1v) is 7.72. The molecule has 1 saturated carbocycles. The van der Waals surface area contributed by atoms with E-state index in [-0.39, 0.29) is 11.8 Å². The molecule has 1 N–H and O–H groups in total. The third-order valence-electron chi connectivity index (χ3n) is 4.20. The molecule has 1 aliphatic rings. The fourth-order valence-electron chi connectivity index (χ4n) is 2.67. The minimum atomic E-state index is -0.00767. The van der Waals surface area contributed by atoms with Crippen LogP contribution in [-0.4, -0.2) is 18.7 Å². The average Bonchev–Trinajstić information content (AvgIpc) is 3.41. The second-order valence-corrected chi connectivity index (χ2v) is 5.76. The molecule has 4 nitrogen and oxygen atoms in total. The van der Waals surface area contributed by atoms with Gasteiger partial charge < -0.3 is 4.74 Å². The third kappa shape index (κ3) is 3.59. The highest BCUT2D eigenvalue weighted by molar-refractivity contribution is 5.99. The van der Waals surface area contributed by atoms with E-state index in [1.807, 2.05) is 49.4 Å². The fraction of sp³-hybridized carbons (Fsp3) is 0.263. The van der Waals surface area contributed by atoms with Crippen LogP contribution in [-0.2, 0) is 4.79 Å². The molecule has 0 radical (unpaired) electrons. The van der Waals surface area contributed by atoms with Crippen molar-refractivity contribution in [1.82, 2.24) is 5.43 Å². The molecule has 0 aromatic heterocycles. The molecular weight excluding hydrogens is 288 g/mol. The molecule has 4 heteroatoms. The van der Waals surface area contributed by atoms with E-state index in [1.165, 1.54) is 5.56 Å². The average molecular weight is 308 g/mol. The highest BCUT2D eigenvalue weighted by Gasteiger charge is 2.43. The topological polar surface area (TPSA) is 50.7 Å². The van der Waals surface area contributed by atoms with Gasteiger partial charge in [-0.3, -0.25) is 4.79 Å². The molecule has 0 aliphatic heterocycles. The van der Waals surface area contributed by atoms with Gasteiger partial charge in [-0.25, -0.2) is 5.43 Å². The van der Waals surface area contributed by atoms with Crippen LogP contribution in [0.3, 0.4) is 0 Å². The number of carbonyl (C=O) groups is 1. The predicted molar refractivity (Wildman–Crippen MR) is 90.6 cm³/mol. The third-order valence-corrected chi connectivity index (χ3v) is 4.20. The number of nitrogens with one attached hydrogen (secondary N) is 1. The van der Waals surface area contributed by atoms with Gasteiger partial charge in [-0.05, 0) is 54.7 Å². The molecule has 3 rings (SSSR count). The Morgan fingerprint density at radius 2 is 1.83 bits per heavy atom. The maximum Gasteiger partial charge on any atom is 0.243 e. The van der Waals surface area contributed by atoms with Gasteiger partial charge in [0.1, 0.15) is 5.75 Å². The van der Waals surface area contributed by atoms with Crippen molar-refractivity contribution in [3.8, 4) is 5.75 Å². The van der Waals surface area contributed by atoms with Crippen LogP contribution in [0.15, 0.2) is 59.7 Å². The van der Waals surface area contributed by atoms with Gasteiger partial charge in [-0.1, -0.05) is 30.3 Å². The van der Waals surface area contributed by atoms with Gasteiger partial charge in [0.05, 0.1) is 12.8 Å². The van der Waals surface area contributed by atoms with E-state index >= 15 is 0 Å². The Kier molecular flexibility index (Phi) is 4.42. The second-order valence-electron chi connectivity index (χ2n) is 5.76. The molecule has 1 aliphatic carbocycles. The molecule has 0 saturated heterocycles. The Labute approximate surface area is 136 Å². The number of carbonyl (C=O) groups excluding carboxylic acids is 1. The van der Waals surface area contributed by atoms with Crippen LogP contribution in [0.1, 0.15) is 30.4 Å². The Balaban J connectivity index is 1.58. The van der Waals surface area contributed by atoms with E-state index < -0.39 is 0 Å². The zero-order chi connectivity index (χ0) is 16.2. The molecular formula is C19H20N2O2. The number of ether oxygens (including phenoxy) is 1. The standard InChI is InChI=1S/C19H20N2O2/c1-13(14-8-10-16(23-2)11-9-14)20-21-19(22)18-12-17(18)15-6-4-3-5-7-15/h3-11,17-18H,12H2,1-2H3,(H,21,22)/b20-13-. The van der Waals surface area contributed by atoms with Crippen molar-refractivity contribution < 1.29 is 9.53 Å². The summed E-state index contributed by atoms with van der Waals surface area (Å²) < 4.78 is 5.13. The minimum Gasteiger partial charge on any atom is -0.497 e. The van der Waals surface area contributed by atoms with Crippen molar-refractivity contribution in [1.29, 1.82) is 0 Å². The molecule has 2 atom stereocenters. The highest BCUT2D eigenvalue weighted by Crippen LogP contribution is 2.47. The van der Waals surface area contributed by atoms with E-state index in [1.54, 1.807) is 7.11 Å². The van der Waals surface area contributed by atoms with Crippen molar-refractivity contribution in [2.24, 2.45) is 11.0 Å². The Morgan fingerprint density at radius 3 is 2.48 bits per heavy atom. The van der Waals surface area contributed by atoms with Gasteiger partial charge in [0.25, 0.3) is 0 Å². The van der Waals surface area contributed by atoms with Gasteiger partial charge >= 0.3 is 0 Å². The van der Waals surface area contributed by atoms with E-state index in [9.17, 15) is 4.79 Å². The number of amides is 1. The highest BCUT2D eigenvalue weighted by atomic mass is 16.5. The van der Waals surface area contributed by atoms with Crippen LogP contribution in [0.4, 0.5) is 0 Å². The van der Waals surface area contributed by atoms with Gasteiger partial charge in [-0.15, -0.1) is 0 Å². The summed E-state index contributed by atoms with van der Waals surface area (Å²) in [6.45, 7) is 1.88. The van der Waals surface area contributed by atoms with E-state index in [0.717, 1.165) is 23.4 Å². The largest absolute Gasteiger partial charge is 0.497 e. The predicted octanol–water partition coefficient (Wildman–Crippen LogP) is 3.34. The molecule has 2 aromatic rings. The number of benzene rings is 2. The van der Waals surface area contributed by atoms with Crippen LogP contribution in [0, 0.1) is 5.92 Å². The monoisotopic (exact) mass is 308 g/mol. The molecule has 0 spiro atoms. The van der Waals surface area contributed by atoms with Gasteiger partial charge in [-0.2, -0.15) is 5.10 Å². The zero-order valence-electron chi connectivity index (χ0n) is 13.3. The summed E-state index contributed by atoms with van der Waals surface area (Å²) in [6, 6.07) is 17.8. The summed E-state index contributed by atoms with van der Waals surface area (Å²) in [5, 5.41) is 4.22. The van der Waals surface area contributed by atoms with E-state index in [4.69, 9.17) is 4.74 Å². The van der Waals surface area contributed by atoms with E-state index in [0.29, 0.717) is 5.92 Å². The lowest BCUT2D eigenvalue weighted by molar-refractivity contribution is -0.122. The molecule has 2 unspecified atom stereocenters. The summed E-state index contributed by atoms with van der Waals surface area (Å²) in [7, 11) is 1.63. The maximum absolute atomic E-state index is 12.2. The van der Waals surface area contributed by atoms with Crippen molar-refractivity contribution in [2.45, 2.75) is 19.3 Å². The summed E-state index contributed by atoms with van der Waals surface area (Å²) >= 11 is 0. The molecule has 2 aromatic carbocycles. The first-order chi connectivity index (χ1) is 11.2. The number of rotatable bonds is 5. The normalized spacial score (nSPS) is 20.0. The molecule has 0 heterocycles. The van der Waals surface area contributed by atoms with Crippen LogP contribution in [0.25, 0.3) is 0 Å². The summed E-state index contributed by atoms with van der Waals surface area (Å²) in [4.78, 5) is 12.2. The Hall–Kier alpha value is -2.62. The number of methoxy groups -OCH3 is 1. The van der Waals surface area contributed by atoms with Crippen LogP contribution >= 0.6 is 0 Å². The van der Waals surface area contributed by atoms with Crippen LogP contribution in [0.5, 0.6) is 5.75 Å². The lowest BCUT2D eigenvalue weighted by atomic mass is 10.1. The van der Waals surface area contributed by atoms with Crippen molar-refractivity contribution >= 4 is 11.6 Å².